The third-order valence-corrected chi connectivity index (χ3v) is 2.88. The van der Waals surface area contributed by atoms with Crippen LogP contribution < -0.4 is 5.32 Å². The van der Waals surface area contributed by atoms with Crippen molar-refractivity contribution in [1.82, 2.24) is 9.78 Å². The van der Waals surface area contributed by atoms with Crippen molar-refractivity contribution in [2.75, 3.05) is 5.32 Å². The molecule has 0 atom stereocenters. The second-order valence-electron chi connectivity index (χ2n) is 4.55. The first-order valence-corrected chi connectivity index (χ1v) is 6.56. The van der Waals surface area contributed by atoms with Crippen molar-refractivity contribution in [1.29, 1.82) is 0 Å². The zero-order valence-electron chi connectivity index (χ0n) is 11.6. The topological polar surface area (TPSA) is 64.0 Å². The third kappa shape index (κ3) is 3.32. The summed E-state index contributed by atoms with van der Waals surface area (Å²) in [5.74, 6) is -0.253. The van der Waals surface area contributed by atoms with Gasteiger partial charge in [-0.1, -0.05) is 6.92 Å². The van der Waals surface area contributed by atoms with Gasteiger partial charge in [-0.05, 0) is 43.7 Å². The van der Waals surface area contributed by atoms with E-state index in [1.54, 1.807) is 41.2 Å². The zero-order valence-corrected chi connectivity index (χ0v) is 11.6. The molecule has 0 aliphatic carbocycles. The molecule has 1 amide bonds. The molecule has 0 unspecified atom stereocenters. The maximum absolute atomic E-state index is 12.0. The lowest BCUT2D eigenvalue weighted by molar-refractivity contribution is 0.101. The van der Waals surface area contributed by atoms with Crippen molar-refractivity contribution in [2.24, 2.45) is 0 Å². The van der Waals surface area contributed by atoms with Crippen molar-refractivity contribution < 1.29 is 9.59 Å². The number of Topliss-reactive ketones (excluding diaryl/α,β-unsaturated/α-hetero) is 1. The van der Waals surface area contributed by atoms with E-state index in [-0.39, 0.29) is 11.7 Å². The molecule has 1 N–H and O–H groups in total. The number of anilines is 1. The number of rotatable bonds is 5. The number of hydrogen-bond acceptors (Lipinski definition) is 3. The average molecular weight is 271 g/mol. The highest BCUT2D eigenvalue weighted by Crippen LogP contribution is 2.11. The fourth-order valence-corrected chi connectivity index (χ4v) is 1.82. The Morgan fingerprint density at radius 1 is 1.20 bits per heavy atom. The van der Waals surface area contributed by atoms with E-state index in [1.807, 2.05) is 0 Å². The summed E-state index contributed by atoms with van der Waals surface area (Å²) in [6, 6.07) is 8.48. The molecule has 1 aromatic heterocycles. The lowest BCUT2D eigenvalue weighted by atomic mass is 10.1. The van der Waals surface area contributed by atoms with E-state index in [4.69, 9.17) is 0 Å². The van der Waals surface area contributed by atoms with Crippen molar-refractivity contribution in [3.63, 3.8) is 0 Å². The largest absolute Gasteiger partial charge is 0.321 e. The molecule has 1 heterocycles. The number of amides is 1. The molecule has 0 spiro atoms. The second kappa shape index (κ2) is 6.14. The number of carbonyl (C=O) groups is 2. The summed E-state index contributed by atoms with van der Waals surface area (Å²) in [5, 5.41) is 6.95. The van der Waals surface area contributed by atoms with E-state index in [0.29, 0.717) is 16.9 Å². The van der Waals surface area contributed by atoms with Crippen LogP contribution in [0.1, 0.15) is 41.1 Å². The molecule has 2 rings (SSSR count). The molecule has 0 aliphatic rings. The first-order valence-electron chi connectivity index (χ1n) is 6.56. The van der Waals surface area contributed by atoms with Gasteiger partial charge in [0.25, 0.3) is 5.91 Å². The number of nitrogens with zero attached hydrogens (tertiary/aromatic N) is 2. The molecule has 2 aromatic rings. The normalized spacial score (nSPS) is 10.3. The smallest absolute Gasteiger partial charge is 0.276 e. The minimum absolute atomic E-state index is 0.00110. The highest BCUT2D eigenvalue weighted by atomic mass is 16.2. The van der Waals surface area contributed by atoms with Crippen LogP contribution in [-0.2, 0) is 6.54 Å². The van der Waals surface area contributed by atoms with Crippen LogP contribution in [0, 0.1) is 0 Å². The SMILES string of the molecule is CCCn1ccc(C(=O)Nc2ccc(C(C)=O)cc2)n1. The summed E-state index contributed by atoms with van der Waals surface area (Å²) in [6.45, 7) is 4.35. The molecule has 0 saturated carbocycles. The van der Waals surface area contributed by atoms with Gasteiger partial charge in [-0.3, -0.25) is 14.3 Å². The van der Waals surface area contributed by atoms with Gasteiger partial charge in [0.1, 0.15) is 0 Å². The van der Waals surface area contributed by atoms with Gasteiger partial charge >= 0.3 is 0 Å². The van der Waals surface area contributed by atoms with Gasteiger partial charge in [-0.25, -0.2) is 0 Å². The van der Waals surface area contributed by atoms with Crippen LogP contribution in [0.5, 0.6) is 0 Å². The number of benzene rings is 1. The van der Waals surface area contributed by atoms with Crippen LogP contribution in [0.4, 0.5) is 5.69 Å². The monoisotopic (exact) mass is 271 g/mol. The molecule has 0 saturated heterocycles. The van der Waals surface area contributed by atoms with Gasteiger partial charge in [0, 0.05) is 24.0 Å². The predicted octanol–water partition coefficient (Wildman–Crippen LogP) is 2.75. The summed E-state index contributed by atoms with van der Waals surface area (Å²) in [4.78, 5) is 23.2. The second-order valence-corrected chi connectivity index (χ2v) is 4.55. The van der Waals surface area contributed by atoms with Crippen LogP contribution in [0.2, 0.25) is 0 Å². The number of hydrogen-bond donors (Lipinski definition) is 1. The standard InChI is InChI=1S/C15H17N3O2/c1-3-9-18-10-8-14(17-18)15(20)16-13-6-4-12(5-7-13)11(2)19/h4-8,10H,3,9H2,1-2H3,(H,16,20). The van der Waals surface area contributed by atoms with E-state index in [2.05, 4.69) is 17.3 Å². The number of nitrogens with one attached hydrogen (secondary N) is 1. The Balaban J connectivity index is 2.04. The van der Waals surface area contributed by atoms with E-state index in [1.165, 1.54) is 6.92 Å². The van der Waals surface area contributed by atoms with Crippen molar-refractivity contribution in [3.05, 3.63) is 47.8 Å². The van der Waals surface area contributed by atoms with Crippen molar-refractivity contribution in [3.8, 4) is 0 Å². The highest BCUT2D eigenvalue weighted by molar-refractivity contribution is 6.03. The van der Waals surface area contributed by atoms with Gasteiger partial charge in [-0.2, -0.15) is 5.10 Å². The lowest BCUT2D eigenvalue weighted by Gasteiger charge is -2.04. The third-order valence-electron chi connectivity index (χ3n) is 2.88. The Morgan fingerprint density at radius 3 is 2.50 bits per heavy atom. The number of aromatic nitrogens is 2. The number of carbonyl (C=O) groups excluding carboxylic acids is 2. The first-order chi connectivity index (χ1) is 9.60. The first kappa shape index (κ1) is 14.0. The highest BCUT2D eigenvalue weighted by Gasteiger charge is 2.09. The molecule has 5 nitrogen and oxygen atoms in total. The Hall–Kier alpha value is -2.43. The predicted molar refractivity (Wildman–Crippen MR) is 76.9 cm³/mol. The summed E-state index contributed by atoms with van der Waals surface area (Å²) < 4.78 is 1.74. The molecule has 0 fully saturated rings. The quantitative estimate of drug-likeness (QED) is 0.850. The Kier molecular flexibility index (Phi) is 4.30. The minimum atomic E-state index is -0.254. The maximum atomic E-state index is 12.0. The van der Waals surface area contributed by atoms with E-state index in [9.17, 15) is 9.59 Å². The molecule has 0 bridgehead atoms. The summed E-state index contributed by atoms with van der Waals surface area (Å²) >= 11 is 0. The molecule has 104 valence electrons. The van der Waals surface area contributed by atoms with Crippen LogP contribution in [0.3, 0.4) is 0 Å². The number of ketones is 1. The van der Waals surface area contributed by atoms with Gasteiger partial charge in [0.15, 0.2) is 11.5 Å². The minimum Gasteiger partial charge on any atom is -0.321 e. The van der Waals surface area contributed by atoms with Crippen LogP contribution in [-0.4, -0.2) is 21.5 Å². The van der Waals surface area contributed by atoms with Crippen molar-refractivity contribution in [2.45, 2.75) is 26.8 Å². The van der Waals surface area contributed by atoms with Gasteiger partial charge in [0.2, 0.25) is 0 Å². The Morgan fingerprint density at radius 2 is 1.90 bits per heavy atom. The molecule has 0 aliphatic heterocycles. The maximum Gasteiger partial charge on any atom is 0.276 e. The van der Waals surface area contributed by atoms with Gasteiger partial charge in [0.05, 0.1) is 0 Å². The fourth-order valence-electron chi connectivity index (χ4n) is 1.82. The van der Waals surface area contributed by atoms with Crippen LogP contribution in [0.15, 0.2) is 36.5 Å². The molecular formula is C15H17N3O2. The molecule has 1 aromatic carbocycles. The van der Waals surface area contributed by atoms with E-state index >= 15 is 0 Å². The summed E-state index contributed by atoms with van der Waals surface area (Å²) in [7, 11) is 0. The lowest BCUT2D eigenvalue weighted by Crippen LogP contribution is -2.13. The van der Waals surface area contributed by atoms with Gasteiger partial charge in [-0.15, -0.1) is 0 Å². The zero-order chi connectivity index (χ0) is 14.5. The van der Waals surface area contributed by atoms with E-state index < -0.39 is 0 Å². The summed E-state index contributed by atoms with van der Waals surface area (Å²) in [5.41, 5.74) is 1.65. The number of aryl methyl sites for hydroxylation is 1. The molecule has 0 radical (unpaired) electrons. The Labute approximate surface area is 117 Å². The van der Waals surface area contributed by atoms with Crippen molar-refractivity contribution >= 4 is 17.4 Å². The van der Waals surface area contributed by atoms with E-state index in [0.717, 1.165) is 13.0 Å². The average Bonchev–Trinajstić information content (AvgIpc) is 2.88. The Bertz CT molecular complexity index is 614. The summed E-state index contributed by atoms with van der Waals surface area (Å²) in [6.07, 6.45) is 2.76. The van der Waals surface area contributed by atoms with Crippen LogP contribution >= 0.6 is 0 Å². The van der Waals surface area contributed by atoms with Gasteiger partial charge < -0.3 is 5.32 Å². The molecule has 5 heteroatoms. The molecular weight excluding hydrogens is 254 g/mol. The fraction of sp³-hybridized carbons (Fsp3) is 0.267. The molecule has 20 heavy (non-hydrogen) atoms. The van der Waals surface area contributed by atoms with Crippen LogP contribution in [0.25, 0.3) is 0 Å².